The summed E-state index contributed by atoms with van der Waals surface area (Å²) < 4.78 is 14.0. The molecule has 0 atom stereocenters. The molecule has 7 heteroatoms. The van der Waals surface area contributed by atoms with E-state index in [0.717, 1.165) is 48.6 Å². The van der Waals surface area contributed by atoms with Crippen LogP contribution in [-0.4, -0.2) is 34.3 Å². The van der Waals surface area contributed by atoms with Crippen molar-refractivity contribution >= 4 is 18.4 Å². The van der Waals surface area contributed by atoms with Gasteiger partial charge >= 0.3 is 0 Å². The third-order valence-electron chi connectivity index (χ3n) is 5.07. The van der Waals surface area contributed by atoms with Crippen molar-refractivity contribution in [2.24, 2.45) is 5.10 Å². The van der Waals surface area contributed by atoms with Crippen molar-refractivity contribution in [1.29, 1.82) is 0 Å². The van der Waals surface area contributed by atoms with E-state index < -0.39 is 0 Å². The second-order valence-electron chi connectivity index (χ2n) is 7.71. The summed E-state index contributed by atoms with van der Waals surface area (Å²) in [6.07, 6.45) is 13.6. The third-order valence-corrected chi connectivity index (χ3v) is 5.33. The molecule has 0 amide bonds. The number of aromatic nitrogens is 3. The Kier molecular flexibility index (Phi) is 12.0. The van der Waals surface area contributed by atoms with E-state index in [1.54, 1.807) is 10.9 Å². The Morgan fingerprint density at radius 2 is 1.71 bits per heavy atom. The highest BCUT2D eigenvalue weighted by Gasteiger charge is 2.07. The zero-order valence-corrected chi connectivity index (χ0v) is 20.2. The van der Waals surface area contributed by atoms with Gasteiger partial charge in [0.2, 0.25) is 4.77 Å². The highest BCUT2D eigenvalue weighted by molar-refractivity contribution is 7.71. The summed E-state index contributed by atoms with van der Waals surface area (Å²) in [5.41, 5.74) is 0.927. The van der Waals surface area contributed by atoms with Gasteiger partial charge in [0.15, 0.2) is 17.3 Å². The first kappa shape index (κ1) is 25.1. The minimum atomic E-state index is 0.502. The normalized spacial score (nSPS) is 11.3. The van der Waals surface area contributed by atoms with Crippen molar-refractivity contribution in [3.63, 3.8) is 0 Å². The van der Waals surface area contributed by atoms with E-state index >= 15 is 0 Å². The van der Waals surface area contributed by atoms with E-state index in [2.05, 4.69) is 29.1 Å². The largest absolute Gasteiger partial charge is 0.490 e. The Morgan fingerprint density at radius 3 is 2.45 bits per heavy atom. The Bertz CT molecular complexity index is 844. The van der Waals surface area contributed by atoms with Crippen LogP contribution in [0.25, 0.3) is 0 Å². The number of aryl methyl sites for hydroxylation is 1. The fourth-order valence-electron chi connectivity index (χ4n) is 3.30. The minimum absolute atomic E-state index is 0.502. The number of nitrogens with one attached hydrogen (secondary N) is 1. The minimum Gasteiger partial charge on any atom is -0.490 e. The Morgan fingerprint density at radius 1 is 0.968 bits per heavy atom. The van der Waals surface area contributed by atoms with Gasteiger partial charge in [0.25, 0.3) is 0 Å². The summed E-state index contributed by atoms with van der Waals surface area (Å²) >= 11 is 5.31. The van der Waals surface area contributed by atoms with Crippen LogP contribution in [0.5, 0.6) is 11.5 Å². The molecular weight excluding hydrogens is 408 g/mol. The van der Waals surface area contributed by atoms with Crippen molar-refractivity contribution in [2.75, 3.05) is 13.2 Å². The van der Waals surface area contributed by atoms with Gasteiger partial charge in [-0.1, -0.05) is 58.8 Å². The number of H-pyrrole nitrogens is 1. The lowest BCUT2D eigenvalue weighted by Crippen LogP contribution is -2.02. The smallest absolute Gasteiger partial charge is 0.216 e. The van der Waals surface area contributed by atoms with Crippen molar-refractivity contribution in [2.45, 2.75) is 85.0 Å². The number of unbranched alkanes of at least 4 members (excludes halogenated alkanes) is 7. The standard InChI is InChI=1S/C24H38N4O2S/c1-4-7-9-10-11-12-13-17-30-21-16-15-20(18-22(21)29-6-3)19-25-28-23(14-8-5-2)26-27-24(28)31/h15-16,18-19H,4-14,17H2,1-3H3,(H,27,31)/b25-19-. The first-order chi connectivity index (χ1) is 15.2. The van der Waals surface area contributed by atoms with E-state index in [1.165, 1.54) is 38.5 Å². The predicted molar refractivity (Wildman–Crippen MR) is 130 cm³/mol. The lowest BCUT2D eigenvalue weighted by Gasteiger charge is -2.12. The molecule has 0 saturated heterocycles. The number of benzene rings is 1. The quantitative estimate of drug-likeness (QED) is 0.177. The number of hydrogen-bond acceptors (Lipinski definition) is 5. The van der Waals surface area contributed by atoms with Crippen LogP contribution in [0.15, 0.2) is 23.3 Å². The van der Waals surface area contributed by atoms with E-state index in [4.69, 9.17) is 21.7 Å². The molecule has 0 radical (unpaired) electrons. The summed E-state index contributed by atoms with van der Waals surface area (Å²) in [6, 6.07) is 5.91. The molecule has 0 aliphatic carbocycles. The summed E-state index contributed by atoms with van der Waals surface area (Å²) in [5, 5.41) is 11.6. The van der Waals surface area contributed by atoms with Gasteiger partial charge in [-0.3, -0.25) is 5.10 Å². The Labute approximate surface area is 192 Å². The van der Waals surface area contributed by atoms with Gasteiger partial charge in [0.05, 0.1) is 19.4 Å². The van der Waals surface area contributed by atoms with Crippen molar-refractivity contribution in [3.05, 3.63) is 34.4 Å². The molecule has 172 valence electrons. The lowest BCUT2D eigenvalue weighted by molar-refractivity contribution is 0.270. The zero-order chi connectivity index (χ0) is 22.3. The number of nitrogens with zero attached hydrogens (tertiary/aromatic N) is 3. The fraction of sp³-hybridized carbons (Fsp3) is 0.625. The molecule has 1 aromatic carbocycles. The second-order valence-corrected chi connectivity index (χ2v) is 8.10. The molecule has 6 nitrogen and oxygen atoms in total. The molecular formula is C24H38N4O2S. The van der Waals surface area contributed by atoms with Crippen LogP contribution in [0.3, 0.4) is 0 Å². The maximum absolute atomic E-state index is 6.00. The predicted octanol–water partition coefficient (Wildman–Crippen LogP) is 6.69. The van der Waals surface area contributed by atoms with E-state index in [-0.39, 0.29) is 0 Å². The summed E-state index contributed by atoms with van der Waals surface area (Å²) in [7, 11) is 0. The molecule has 1 N–H and O–H groups in total. The summed E-state index contributed by atoms with van der Waals surface area (Å²) in [5.74, 6) is 2.38. The molecule has 1 aromatic heterocycles. The second kappa shape index (κ2) is 14.8. The van der Waals surface area contributed by atoms with E-state index in [0.29, 0.717) is 18.0 Å². The van der Waals surface area contributed by atoms with Gasteiger partial charge in [-0.25, -0.2) is 0 Å². The molecule has 2 rings (SSSR count). The van der Waals surface area contributed by atoms with Crippen LogP contribution in [0.2, 0.25) is 0 Å². The van der Waals surface area contributed by atoms with Gasteiger partial charge in [-0.2, -0.15) is 14.9 Å². The lowest BCUT2D eigenvalue weighted by atomic mass is 10.1. The molecule has 2 aromatic rings. The molecule has 0 aliphatic heterocycles. The highest BCUT2D eigenvalue weighted by atomic mass is 32.1. The van der Waals surface area contributed by atoms with Crippen molar-refractivity contribution in [1.82, 2.24) is 14.9 Å². The zero-order valence-electron chi connectivity index (χ0n) is 19.4. The average molecular weight is 447 g/mol. The summed E-state index contributed by atoms with van der Waals surface area (Å²) in [6.45, 7) is 7.68. The van der Waals surface area contributed by atoms with Gasteiger partial charge in [0, 0.05) is 6.42 Å². The average Bonchev–Trinajstić information content (AvgIpc) is 3.13. The number of ether oxygens (including phenoxy) is 2. The number of hydrogen-bond donors (Lipinski definition) is 1. The van der Waals surface area contributed by atoms with Crippen LogP contribution in [0.4, 0.5) is 0 Å². The topological polar surface area (TPSA) is 64.4 Å². The van der Waals surface area contributed by atoms with Gasteiger partial charge < -0.3 is 9.47 Å². The van der Waals surface area contributed by atoms with Crippen LogP contribution < -0.4 is 9.47 Å². The molecule has 31 heavy (non-hydrogen) atoms. The molecule has 0 spiro atoms. The first-order valence-corrected chi connectivity index (χ1v) is 12.2. The Balaban J connectivity index is 1.95. The van der Waals surface area contributed by atoms with E-state index in [1.807, 2.05) is 25.1 Å². The van der Waals surface area contributed by atoms with Crippen LogP contribution in [0.1, 0.15) is 89.9 Å². The maximum atomic E-state index is 6.00. The number of aromatic amines is 1. The molecule has 0 saturated carbocycles. The molecule has 0 unspecified atom stereocenters. The van der Waals surface area contributed by atoms with Gasteiger partial charge in [0.1, 0.15) is 0 Å². The van der Waals surface area contributed by atoms with Gasteiger partial charge in [-0.05, 0) is 55.7 Å². The van der Waals surface area contributed by atoms with Crippen LogP contribution in [0, 0.1) is 4.77 Å². The first-order valence-electron chi connectivity index (χ1n) is 11.8. The van der Waals surface area contributed by atoms with Crippen molar-refractivity contribution < 1.29 is 9.47 Å². The molecule has 0 bridgehead atoms. The molecule has 1 heterocycles. The van der Waals surface area contributed by atoms with Crippen LogP contribution >= 0.6 is 12.2 Å². The molecule has 0 aliphatic rings. The van der Waals surface area contributed by atoms with Gasteiger partial charge in [-0.15, -0.1) is 0 Å². The van der Waals surface area contributed by atoms with Crippen molar-refractivity contribution in [3.8, 4) is 11.5 Å². The summed E-state index contributed by atoms with van der Waals surface area (Å²) in [4.78, 5) is 0. The van der Waals surface area contributed by atoms with Crippen LogP contribution in [-0.2, 0) is 6.42 Å². The number of rotatable bonds is 16. The SMILES string of the molecule is CCCCCCCCCOc1ccc(/C=N\n2c(CCCC)n[nH]c2=S)cc1OCC. The fourth-order valence-corrected chi connectivity index (χ4v) is 3.50. The third kappa shape index (κ3) is 8.85. The maximum Gasteiger partial charge on any atom is 0.216 e. The highest BCUT2D eigenvalue weighted by Crippen LogP contribution is 2.28. The molecule has 0 fully saturated rings. The monoisotopic (exact) mass is 446 g/mol. The Hall–Kier alpha value is -2.15. The van der Waals surface area contributed by atoms with E-state index in [9.17, 15) is 0 Å².